The van der Waals surface area contributed by atoms with Crippen LogP contribution in [0.1, 0.15) is 25.0 Å². The Kier molecular flexibility index (Phi) is 3.97. The lowest BCUT2D eigenvalue weighted by Gasteiger charge is -2.28. The average molecular weight is 316 g/mol. The summed E-state index contributed by atoms with van der Waals surface area (Å²) in [7, 11) is 0. The minimum atomic E-state index is -1.37. The summed E-state index contributed by atoms with van der Waals surface area (Å²) in [5, 5.41) is 0. The lowest BCUT2D eigenvalue weighted by Crippen LogP contribution is -2.40. The zero-order valence-corrected chi connectivity index (χ0v) is 12.4. The van der Waals surface area contributed by atoms with Crippen molar-refractivity contribution in [2.75, 3.05) is 13.2 Å². The van der Waals surface area contributed by atoms with Gasteiger partial charge in [0.1, 0.15) is 11.4 Å². The van der Waals surface area contributed by atoms with E-state index in [-0.39, 0.29) is 12.5 Å². The van der Waals surface area contributed by atoms with E-state index in [0.29, 0.717) is 13.0 Å². The van der Waals surface area contributed by atoms with Crippen molar-refractivity contribution < 1.29 is 9.13 Å². The van der Waals surface area contributed by atoms with Crippen molar-refractivity contribution in [1.82, 2.24) is 0 Å². The van der Waals surface area contributed by atoms with Crippen molar-refractivity contribution >= 4 is 15.9 Å². The number of benzene rings is 1. The average Bonchev–Trinajstić information content (AvgIpc) is 2.76. The van der Waals surface area contributed by atoms with E-state index in [0.717, 1.165) is 27.8 Å². The smallest absolute Gasteiger partial charge is 0.129 e. The van der Waals surface area contributed by atoms with Crippen LogP contribution in [-0.4, -0.2) is 18.8 Å². The monoisotopic (exact) mass is 315 g/mol. The predicted molar refractivity (Wildman–Crippen MR) is 74.8 cm³/mol. The van der Waals surface area contributed by atoms with Crippen LogP contribution in [0.2, 0.25) is 0 Å². The van der Waals surface area contributed by atoms with Crippen molar-refractivity contribution in [1.29, 1.82) is 0 Å². The van der Waals surface area contributed by atoms with E-state index >= 15 is 0 Å². The molecule has 2 nitrogen and oxygen atoms in total. The number of halogens is 2. The van der Waals surface area contributed by atoms with Crippen LogP contribution in [0.25, 0.3) is 0 Å². The fraction of sp³-hybridized carbons (Fsp3) is 0.571. The first-order valence-corrected chi connectivity index (χ1v) is 7.08. The van der Waals surface area contributed by atoms with Crippen LogP contribution >= 0.6 is 15.9 Å². The van der Waals surface area contributed by atoms with E-state index in [1.165, 1.54) is 0 Å². The molecule has 0 bridgehead atoms. The maximum absolute atomic E-state index is 14.7. The zero-order valence-electron chi connectivity index (χ0n) is 10.8. The Balaban J connectivity index is 2.35. The summed E-state index contributed by atoms with van der Waals surface area (Å²) in [6.45, 7) is 4.45. The molecular weight excluding hydrogens is 297 g/mol. The predicted octanol–water partition coefficient (Wildman–Crippen LogP) is 3.25. The SMILES string of the molecule is CC(C)C(F)(CN)Cc1cc(Br)cc2c1OCC2. The summed E-state index contributed by atoms with van der Waals surface area (Å²) in [4.78, 5) is 0. The highest BCUT2D eigenvalue weighted by molar-refractivity contribution is 9.10. The Hall–Kier alpha value is -0.610. The van der Waals surface area contributed by atoms with Gasteiger partial charge in [-0.1, -0.05) is 29.8 Å². The molecule has 0 saturated carbocycles. The van der Waals surface area contributed by atoms with Gasteiger partial charge in [-0.2, -0.15) is 0 Å². The Morgan fingerprint density at radius 2 is 2.22 bits per heavy atom. The highest BCUT2D eigenvalue weighted by Gasteiger charge is 2.34. The van der Waals surface area contributed by atoms with Crippen LogP contribution < -0.4 is 10.5 Å². The molecule has 0 amide bonds. The molecule has 1 aromatic rings. The first-order chi connectivity index (χ1) is 8.46. The molecule has 1 aliphatic rings. The van der Waals surface area contributed by atoms with Gasteiger partial charge in [0, 0.05) is 23.9 Å². The topological polar surface area (TPSA) is 35.2 Å². The summed E-state index contributed by atoms with van der Waals surface area (Å²) in [6, 6.07) is 3.99. The maximum atomic E-state index is 14.7. The van der Waals surface area contributed by atoms with Gasteiger partial charge in [-0.25, -0.2) is 4.39 Å². The first-order valence-electron chi connectivity index (χ1n) is 6.29. The van der Waals surface area contributed by atoms with Crippen LogP contribution in [-0.2, 0) is 12.8 Å². The lowest BCUT2D eigenvalue weighted by molar-refractivity contribution is 0.109. The fourth-order valence-electron chi connectivity index (χ4n) is 2.31. The number of fused-ring (bicyclic) bond motifs is 1. The molecule has 1 unspecified atom stereocenters. The molecule has 0 aliphatic carbocycles. The van der Waals surface area contributed by atoms with Crippen molar-refractivity contribution in [2.24, 2.45) is 11.7 Å². The normalized spacial score (nSPS) is 17.4. The summed E-state index contributed by atoms with van der Waals surface area (Å²) >= 11 is 3.47. The van der Waals surface area contributed by atoms with E-state index in [4.69, 9.17) is 10.5 Å². The molecule has 0 spiro atoms. The number of ether oxygens (including phenoxy) is 1. The van der Waals surface area contributed by atoms with E-state index in [9.17, 15) is 4.39 Å². The molecule has 0 radical (unpaired) electrons. The summed E-state index contributed by atoms with van der Waals surface area (Å²) in [5.41, 5.74) is 6.31. The van der Waals surface area contributed by atoms with Gasteiger partial charge < -0.3 is 10.5 Å². The second-order valence-corrected chi connectivity index (χ2v) is 6.14. The molecule has 1 aliphatic heterocycles. The van der Waals surface area contributed by atoms with Crippen LogP contribution in [0.3, 0.4) is 0 Å². The van der Waals surface area contributed by atoms with Gasteiger partial charge in [0.2, 0.25) is 0 Å². The lowest BCUT2D eigenvalue weighted by atomic mass is 9.85. The van der Waals surface area contributed by atoms with E-state index < -0.39 is 5.67 Å². The van der Waals surface area contributed by atoms with E-state index in [1.807, 2.05) is 26.0 Å². The Bertz CT molecular complexity index is 450. The highest BCUT2D eigenvalue weighted by Crippen LogP contribution is 2.37. The molecule has 4 heteroatoms. The molecule has 0 saturated heterocycles. The van der Waals surface area contributed by atoms with Gasteiger partial charge in [-0.3, -0.25) is 0 Å². The second kappa shape index (κ2) is 5.17. The molecule has 1 atom stereocenters. The third kappa shape index (κ3) is 2.54. The van der Waals surface area contributed by atoms with E-state index in [2.05, 4.69) is 15.9 Å². The number of nitrogens with two attached hydrogens (primary N) is 1. The minimum Gasteiger partial charge on any atom is -0.493 e. The quantitative estimate of drug-likeness (QED) is 0.925. The van der Waals surface area contributed by atoms with Crippen molar-refractivity contribution in [2.45, 2.75) is 32.4 Å². The van der Waals surface area contributed by atoms with Gasteiger partial charge in [0.25, 0.3) is 0 Å². The standard InChI is InChI=1S/C14H19BrFNO/c1-9(2)14(16,8-17)7-11-6-12(15)5-10-3-4-18-13(10)11/h5-6,9H,3-4,7-8,17H2,1-2H3. The number of hydrogen-bond donors (Lipinski definition) is 1. The Morgan fingerprint density at radius 1 is 1.50 bits per heavy atom. The third-order valence-electron chi connectivity index (χ3n) is 3.68. The molecule has 1 aromatic carbocycles. The van der Waals surface area contributed by atoms with Crippen molar-refractivity contribution in [3.8, 4) is 5.75 Å². The molecule has 2 N–H and O–H groups in total. The van der Waals surface area contributed by atoms with Crippen LogP contribution in [0.4, 0.5) is 4.39 Å². The Morgan fingerprint density at radius 3 is 2.83 bits per heavy atom. The highest BCUT2D eigenvalue weighted by atomic mass is 79.9. The minimum absolute atomic E-state index is 0.0337. The number of rotatable bonds is 4. The summed E-state index contributed by atoms with van der Waals surface area (Å²) in [5.74, 6) is 0.743. The van der Waals surface area contributed by atoms with Gasteiger partial charge in [0.05, 0.1) is 6.61 Å². The second-order valence-electron chi connectivity index (χ2n) is 5.22. The molecular formula is C14H19BrFNO. The third-order valence-corrected chi connectivity index (χ3v) is 4.14. The molecule has 2 rings (SSSR count). The Labute approximate surface area is 116 Å². The van der Waals surface area contributed by atoms with Crippen molar-refractivity contribution in [3.05, 3.63) is 27.7 Å². The van der Waals surface area contributed by atoms with Crippen molar-refractivity contribution in [3.63, 3.8) is 0 Å². The zero-order chi connectivity index (χ0) is 13.3. The number of hydrogen-bond acceptors (Lipinski definition) is 2. The summed E-state index contributed by atoms with van der Waals surface area (Å²) < 4.78 is 21.3. The maximum Gasteiger partial charge on any atom is 0.129 e. The van der Waals surface area contributed by atoms with E-state index in [1.54, 1.807) is 0 Å². The van der Waals surface area contributed by atoms with Crippen LogP contribution in [0.5, 0.6) is 5.75 Å². The molecule has 1 heterocycles. The first kappa shape index (κ1) is 13.8. The van der Waals surface area contributed by atoms with Gasteiger partial charge in [-0.05, 0) is 29.2 Å². The molecule has 18 heavy (non-hydrogen) atoms. The largest absolute Gasteiger partial charge is 0.493 e. The van der Waals surface area contributed by atoms with Gasteiger partial charge >= 0.3 is 0 Å². The van der Waals surface area contributed by atoms with Gasteiger partial charge in [-0.15, -0.1) is 0 Å². The molecule has 100 valence electrons. The fourth-order valence-corrected chi connectivity index (χ4v) is 2.86. The van der Waals surface area contributed by atoms with Gasteiger partial charge in [0.15, 0.2) is 0 Å². The molecule has 0 fully saturated rings. The number of alkyl halides is 1. The molecule has 0 aromatic heterocycles. The van der Waals surface area contributed by atoms with Crippen LogP contribution in [0, 0.1) is 5.92 Å². The van der Waals surface area contributed by atoms with Crippen LogP contribution in [0.15, 0.2) is 16.6 Å². The summed E-state index contributed by atoms with van der Waals surface area (Å²) in [6.07, 6.45) is 1.20.